The zero-order valence-electron chi connectivity index (χ0n) is 9.72. The minimum absolute atomic E-state index is 0.217. The molecule has 0 rings (SSSR count). The topological polar surface area (TPSA) is 95.9 Å². The van der Waals surface area contributed by atoms with E-state index in [-0.39, 0.29) is 6.54 Å². The molecule has 0 aromatic rings. The molecule has 0 aromatic carbocycles. The van der Waals surface area contributed by atoms with Crippen molar-refractivity contribution in [1.82, 2.24) is 5.32 Å². The van der Waals surface area contributed by atoms with Crippen LogP contribution in [0.15, 0.2) is 0 Å². The highest BCUT2D eigenvalue weighted by atomic mass is 32.2. The van der Waals surface area contributed by atoms with Gasteiger partial charge in [0.1, 0.15) is 6.10 Å². The molecular formula is C9H21NO5S. The van der Waals surface area contributed by atoms with Gasteiger partial charge in [-0.1, -0.05) is 13.3 Å². The molecule has 16 heavy (non-hydrogen) atoms. The Labute approximate surface area is 96.7 Å². The number of aliphatic hydroxyl groups is 2. The van der Waals surface area contributed by atoms with E-state index in [0.717, 1.165) is 25.6 Å². The Hall–Kier alpha value is -0.210. The summed E-state index contributed by atoms with van der Waals surface area (Å²) < 4.78 is 25.6. The summed E-state index contributed by atoms with van der Waals surface area (Å²) in [4.78, 5) is 0. The van der Waals surface area contributed by atoms with Crippen LogP contribution in [-0.4, -0.2) is 56.8 Å². The van der Waals surface area contributed by atoms with E-state index in [1.54, 1.807) is 0 Å². The van der Waals surface area contributed by atoms with Crippen molar-refractivity contribution >= 4 is 10.1 Å². The third-order valence-corrected chi connectivity index (χ3v) is 2.52. The molecule has 0 aliphatic carbocycles. The zero-order valence-corrected chi connectivity index (χ0v) is 10.5. The van der Waals surface area contributed by atoms with Gasteiger partial charge in [-0.25, -0.2) is 0 Å². The lowest BCUT2D eigenvalue weighted by Gasteiger charge is -2.17. The minimum Gasteiger partial charge on any atom is -0.389 e. The van der Waals surface area contributed by atoms with E-state index in [9.17, 15) is 18.6 Å². The normalized spacial score (nSPS) is 16.0. The Balaban J connectivity index is 3.69. The van der Waals surface area contributed by atoms with Crippen LogP contribution < -0.4 is 5.32 Å². The molecule has 0 saturated carbocycles. The fourth-order valence-corrected chi connectivity index (χ4v) is 1.38. The number of nitrogens with one attached hydrogen (secondary N) is 1. The molecule has 0 amide bonds. The number of aliphatic hydroxyl groups excluding tert-OH is 2. The maximum Gasteiger partial charge on any atom is 0.264 e. The molecule has 7 heteroatoms. The standard InChI is InChI=1S/C9H21NO5S/c1-3-4-5-10-6-8(11)9(12)7-15-16(2,13)14/h8-12H,3-7H2,1-2H3/t8-,9+/m0/s1. The number of hydrogen-bond acceptors (Lipinski definition) is 6. The lowest BCUT2D eigenvalue weighted by molar-refractivity contribution is -0.00506. The van der Waals surface area contributed by atoms with Crippen LogP contribution in [0.5, 0.6) is 0 Å². The largest absolute Gasteiger partial charge is 0.389 e. The van der Waals surface area contributed by atoms with E-state index in [1.165, 1.54) is 0 Å². The highest BCUT2D eigenvalue weighted by Gasteiger charge is 2.18. The SMILES string of the molecule is CCCCNC[C@H](O)[C@H](O)COS(C)(=O)=O. The van der Waals surface area contributed by atoms with Gasteiger partial charge in [0.05, 0.1) is 19.0 Å². The molecule has 0 aromatic heterocycles. The van der Waals surface area contributed by atoms with E-state index in [0.29, 0.717) is 0 Å². The molecule has 6 nitrogen and oxygen atoms in total. The zero-order chi connectivity index (χ0) is 12.6. The molecule has 0 unspecified atom stereocenters. The van der Waals surface area contributed by atoms with Gasteiger partial charge in [-0.3, -0.25) is 4.18 Å². The number of unbranched alkanes of at least 4 members (excludes halogenated alkanes) is 1. The smallest absolute Gasteiger partial charge is 0.264 e. The third-order valence-electron chi connectivity index (χ3n) is 1.96. The van der Waals surface area contributed by atoms with Crippen LogP contribution in [0.1, 0.15) is 19.8 Å². The fourth-order valence-electron chi connectivity index (χ4n) is 0.992. The average molecular weight is 255 g/mol. The first-order valence-electron chi connectivity index (χ1n) is 5.28. The predicted molar refractivity (Wildman–Crippen MR) is 60.6 cm³/mol. The summed E-state index contributed by atoms with van der Waals surface area (Å²) in [5.74, 6) is 0. The van der Waals surface area contributed by atoms with Crippen molar-refractivity contribution in [2.75, 3.05) is 26.0 Å². The van der Waals surface area contributed by atoms with Crippen molar-refractivity contribution in [2.45, 2.75) is 32.0 Å². The van der Waals surface area contributed by atoms with E-state index in [4.69, 9.17) is 0 Å². The Morgan fingerprint density at radius 3 is 2.44 bits per heavy atom. The Morgan fingerprint density at radius 2 is 1.94 bits per heavy atom. The van der Waals surface area contributed by atoms with E-state index in [1.807, 2.05) is 6.92 Å². The van der Waals surface area contributed by atoms with Gasteiger partial charge < -0.3 is 15.5 Å². The maximum absolute atomic E-state index is 10.6. The van der Waals surface area contributed by atoms with Crippen molar-refractivity contribution in [3.05, 3.63) is 0 Å². The van der Waals surface area contributed by atoms with E-state index in [2.05, 4.69) is 9.50 Å². The highest BCUT2D eigenvalue weighted by Crippen LogP contribution is 1.97. The lowest BCUT2D eigenvalue weighted by atomic mass is 10.2. The monoisotopic (exact) mass is 255 g/mol. The quantitative estimate of drug-likeness (QED) is 0.364. The highest BCUT2D eigenvalue weighted by molar-refractivity contribution is 7.85. The van der Waals surface area contributed by atoms with Gasteiger partial charge >= 0.3 is 0 Å². The van der Waals surface area contributed by atoms with E-state index >= 15 is 0 Å². The van der Waals surface area contributed by atoms with Crippen LogP contribution in [0, 0.1) is 0 Å². The van der Waals surface area contributed by atoms with Crippen molar-refractivity contribution in [3.8, 4) is 0 Å². The molecule has 0 aliphatic heterocycles. The lowest BCUT2D eigenvalue weighted by Crippen LogP contribution is -2.39. The molecule has 0 spiro atoms. The Morgan fingerprint density at radius 1 is 1.31 bits per heavy atom. The van der Waals surface area contributed by atoms with Crippen LogP contribution in [-0.2, 0) is 14.3 Å². The summed E-state index contributed by atoms with van der Waals surface area (Å²) in [6.45, 7) is 2.60. The summed E-state index contributed by atoms with van der Waals surface area (Å²) in [7, 11) is -3.57. The first kappa shape index (κ1) is 15.8. The molecule has 3 N–H and O–H groups in total. The molecule has 0 bridgehead atoms. The second-order valence-corrected chi connectivity index (χ2v) is 5.32. The van der Waals surface area contributed by atoms with Crippen LogP contribution in [0.25, 0.3) is 0 Å². The molecule has 0 saturated heterocycles. The van der Waals surface area contributed by atoms with Crippen LogP contribution >= 0.6 is 0 Å². The second kappa shape index (κ2) is 7.97. The van der Waals surface area contributed by atoms with Gasteiger partial charge in [0.2, 0.25) is 0 Å². The summed E-state index contributed by atoms with van der Waals surface area (Å²) in [6, 6.07) is 0. The summed E-state index contributed by atoms with van der Waals surface area (Å²) in [5, 5.41) is 21.7. The van der Waals surface area contributed by atoms with Gasteiger partial charge in [0.25, 0.3) is 10.1 Å². The van der Waals surface area contributed by atoms with Crippen molar-refractivity contribution in [3.63, 3.8) is 0 Å². The molecular weight excluding hydrogens is 234 g/mol. The first-order valence-corrected chi connectivity index (χ1v) is 7.09. The summed E-state index contributed by atoms with van der Waals surface area (Å²) in [5.41, 5.74) is 0. The molecule has 0 fully saturated rings. The van der Waals surface area contributed by atoms with Crippen molar-refractivity contribution in [1.29, 1.82) is 0 Å². The molecule has 0 aliphatic rings. The molecule has 98 valence electrons. The second-order valence-electron chi connectivity index (χ2n) is 3.68. The van der Waals surface area contributed by atoms with Gasteiger partial charge in [-0.15, -0.1) is 0 Å². The van der Waals surface area contributed by atoms with Crippen LogP contribution in [0.2, 0.25) is 0 Å². The summed E-state index contributed by atoms with van der Waals surface area (Å²) in [6.07, 6.45) is 0.694. The van der Waals surface area contributed by atoms with Gasteiger partial charge in [-0.2, -0.15) is 8.42 Å². The molecule has 0 radical (unpaired) electrons. The van der Waals surface area contributed by atoms with Crippen molar-refractivity contribution < 1.29 is 22.8 Å². The maximum atomic E-state index is 10.6. The van der Waals surface area contributed by atoms with Crippen LogP contribution in [0.3, 0.4) is 0 Å². The number of hydrogen-bond donors (Lipinski definition) is 3. The van der Waals surface area contributed by atoms with Gasteiger partial charge in [0, 0.05) is 6.54 Å². The molecule has 2 atom stereocenters. The Bertz CT molecular complexity index is 267. The Kier molecular flexibility index (Phi) is 7.86. The fraction of sp³-hybridized carbons (Fsp3) is 1.00. The predicted octanol–water partition coefficient (Wildman–Crippen LogP) is -0.926. The minimum atomic E-state index is -3.57. The average Bonchev–Trinajstić information content (AvgIpc) is 2.19. The van der Waals surface area contributed by atoms with Gasteiger partial charge in [0.15, 0.2) is 0 Å². The third kappa shape index (κ3) is 9.05. The number of rotatable bonds is 9. The van der Waals surface area contributed by atoms with E-state index < -0.39 is 28.9 Å². The molecule has 0 heterocycles. The van der Waals surface area contributed by atoms with Gasteiger partial charge in [-0.05, 0) is 13.0 Å². The first-order chi connectivity index (χ1) is 7.37. The van der Waals surface area contributed by atoms with Crippen LogP contribution in [0.4, 0.5) is 0 Å². The summed E-state index contributed by atoms with van der Waals surface area (Å²) >= 11 is 0. The van der Waals surface area contributed by atoms with Crippen molar-refractivity contribution in [2.24, 2.45) is 0 Å².